The molecule has 1 saturated heterocycles. The molecule has 1 fully saturated rings. The van der Waals surface area contributed by atoms with Gasteiger partial charge in [-0.05, 0) is 38.1 Å². The third-order valence-corrected chi connectivity index (χ3v) is 4.06. The molecule has 0 bridgehead atoms. The number of rotatable bonds is 3. The Morgan fingerprint density at radius 3 is 2.48 bits per heavy atom. The second-order valence-corrected chi connectivity index (χ2v) is 5.74. The molecule has 110 valence electrons. The highest BCUT2D eigenvalue weighted by molar-refractivity contribution is 5.60. The Kier molecular flexibility index (Phi) is 4.15. The summed E-state index contributed by atoms with van der Waals surface area (Å²) in [6.45, 7) is 8.82. The van der Waals surface area contributed by atoms with E-state index in [0.29, 0.717) is 6.04 Å². The van der Waals surface area contributed by atoms with E-state index in [4.69, 9.17) is 4.98 Å². The fourth-order valence-corrected chi connectivity index (χ4v) is 2.74. The molecular weight excluding hydrogens is 260 g/mol. The van der Waals surface area contributed by atoms with Crippen molar-refractivity contribution in [1.29, 1.82) is 0 Å². The van der Waals surface area contributed by atoms with Gasteiger partial charge in [-0.2, -0.15) is 0 Å². The summed E-state index contributed by atoms with van der Waals surface area (Å²) in [6.07, 6.45) is 3.65. The second-order valence-electron chi connectivity index (χ2n) is 5.74. The Morgan fingerprint density at radius 2 is 1.81 bits per heavy atom. The van der Waals surface area contributed by atoms with Gasteiger partial charge in [0.25, 0.3) is 0 Å². The smallest absolute Gasteiger partial charge is 0.129 e. The van der Waals surface area contributed by atoms with E-state index in [2.05, 4.69) is 46.8 Å². The molecule has 0 aliphatic carbocycles. The van der Waals surface area contributed by atoms with E-state index in [0.717, 1.165) is 43.3 Å². The summed E-state index contributed by atoms with van der Waals surface area (Å²) >= 11 is 0. The molecule has 2 aromatic heterocycles. The summed E-state index contributed by atoms with van der Waals surface area (Å²) in [5.74, 6) is 1.07. The Bertz CT molecular complexity index is 574. The maximum absolute atomic E-state index is 4.80. The Hall–Kier alpha value is -1.94. The van der Waals surface area contributed by atoms with Crippen LogP contribution in [0.1, 0.15) is 13.8 Å². The monoisotopic (exact) mass is 282 g/mol. The van der Waals surface area contributed by atoms with Crippen molar-refractivity contribution in [1.82, 2.24) is 14.9 Å². The van der Waals surface area contributed by atoms with Crippen molar-refractivity contribution in [3.8, 4) is 11.3 Å². The molecule has 1 aliphatic rings. The van der Waals surface area contributed by atoms with Crippen LogP contribution >= 0.6 is 0 Å². The third-order valence-electron chi connectivity index (χ3n) is 4.06. The summed E-state index contributed by atoms with van der Waals surface area (Å²) in [5.41, 5.74) is 2.06. The summed E-state index contributed by atoms with van der Waals surface area (Å²) in [7, 11) is 0. The SMILES string of the molecule is CC(C)N1CCN(c2cccc(-c3cccnc3)n2)CC1. The first-order valence-electron chi connectivity index (χ1n) is 7.60. The highest BCUT2D eigenvalue weighted by atomic mass is 15.3. The van der Waals surface area contributed by atoms with E-state index in [1.165, 1.54) is 0 Å². The van der Waals surface area contributed by atoms with Gasteiger partial charge in [-0.25, -0.2) is 4.98 Å². The van der Waals surface area contributed by atoms with Crippen LogP contribution < -0.4 is 4.90 Å². The number of aromatic nitrogens is 2. The van der Waals surface area contributed by atoms with Crippen LogP contribution in [0.3, 0.4) is 0 Å². The lowest BCUT2D eigenvalue weighted by atomic mass is 10.2. The molecule has 4 heteroatoms. The fourth-order valence-electron chi connectivity index (χ4n) is 2.74. The van der Waals surface area contributed by atoms with Crippen LogP contribution in [0, 0.1) is 0 Å². The largest absolute Gasteiger partial charge is 0.354 e. The van der Waals surface area contributed by atoms with Crippen LogP contribution in [0.5, 0.6) is 0 Å². The van der Waals surface area contributed by atoms with E-state index < -0.39 is 0 Å². The summed E-state index contributed by atoms with van der Waals surface area (Å²) < 4.78 is 0. The zero-order valence-electron chi connectivity index (χ0n) is 12.7. The first kappa shape index (κ1) is 14.0. The van der Waals surface area contributed by atoms with Gasteiger partial charge in [0.1, 0.15) is 5.82 Å². The number of anilines is 1. The van der Waals surface area contributed by atoms with Crippen LogP contribution in [0.25, 0.3) is 11.3 Å². The molecule has 3 rings (SSSR count). The van der Waals surface area contributed by atoms with Crippen molar-refractivity contribution in [2.45, 2.75) is 19.9 Å². The molecule has 0 radical (unpaired) electrons. The zero-order valence-corrected chi connectivity index (χ0v) is 12.7. The molecule has 0 saturated carbocycles. The van der Waals surface area contributed by atoms with Gasteiger partial charge in [-0.15, -0.1) is 0 Å². The average molecular weight is 282 g/mol. The van der Waals surface area contributed by atoms with Crippen molar-refractivity contribution in [2.24, 2.45) is 0 Å². The normalized spacial score (nSPS) is 16.4. The number of pyridine rings is 2. The molecule has 0 unspecified atom stereocenters. The number of hydrogen-bond donors (Lipinski definition) is 0. The van der Waals surface area contributed by atoms with Crippen LogP contribution in [-0.4, -0.2) is 47.1 Å². The van der Waals surface area contributed by atoms with Gasteiger partial charge in [-0.3, -0.25) is 9.88 Å². The van der Waals surface area contributed by atoms with E-state index in [1.54, 1.807) is 6.20 Å². The van der Waals surface area contributed by atoms with Crippen molar-refractivity contribution in [3.63, 3.8) is 0 Å². The molecule has 21 heavy (non-hydrogen) atoms. The molecule has 0 N–H and O–H groups in total. The molecular formula is C17H22N4. The van der Waals surface area contributed by atoms with Gasteiger partial charge in [0.2, 0.25) is 0 Å². The molecule has 0 atom stereocenters. The first-order chi connectivity index (χ1) is 10.2. The molecule has 0 amide bonds. The van der Waals surface area contributed by atoms with Gasteiger partial charge in [0.05, 0.1) is 5.69 Å². The van der Waals surface area contributed by atoms with Crippen LogP contribution in [-0.2, 0) is 0 Å². The van der Waals surface area contributed by atoms with E-state index in [9.17, 15) is 0 Å². The number of nitrogens with zero attached hydrogens (tertiary/aromatic N) is 4. The van der Waals surface area contributed by atoms with Crippen LogP contribution in [0.2, 0.25) is 0 Å². The summed E-state index contributed by atoms with van der Waals surface area (Å²) in [6, 6.07) is 10.9. The Balaban J connectivity index is 1.75. The fraction of sp³-hybridized carbons (Fsp3) is 0.412. The summed E-state index contributed by atoms with van der Waals surface area (Å²) in [4.78, 5) is 13.9. The van der Waals surface area contributed by atoms with Crippen molar-refractivity contribution < 1.29 is 0 Å². The molecule has 1 aliphatic heterocycles. The quantitative estimate of drug-likeness (QED) is 0.866. The Labute approximate surface area is 126 Å². The number of piperazine rings is 1. The predicted molar refractivity (Wildman–Crippen MR) is 86.4 cm³/mol. The van der Waals surface area contributed by atoms with E-state index in [1.807, 2.05) is 18.3 Å². The maximum Gasteiger partial charge on any atom is 0.129 e. The van der Waals surface area contributed by atoms with E-state index in [-0.39, 0.29) is 0 Å². The standard InChI is InChI=1S/C17H22N4/c1-14(2)20-9-11-21(12-10-20)17-7-3-6-16(19-17)15-5-4-8-18-13-15/h3-8,13-14H,9-12H2,1-2H3. The zero-order chi connectivity index (χ0) is 14.7. The van der Waals surface area contributed by atoms with Crippen LogP contribution in [0.4, 0.5) is 5.82 Å². The van der Waals surface area contributed by atoms with E-state index >= 15 is 0 Å². The molecule has 3 heterocycles. The topological polar surface area (TPSA) is 32.3 Å². The van der Waals surface area contributed by atoms with Gasteiger partial charge < -0.3 is 4.90 Å². The highest BCUT2D eigenvalue weighted by Gasteiger charge is 2.19. The molecule has 0 spiro atoms. The molecule has 2 aromatic rings. The van der Waals surface area contributed by atoms with Gasteiger partial charge in [0, 0.05) is 50.2 Å². The highest BCUT2D eigenvalue weighted by Crippen LogP contribution is 2.21. The van der Waals surface area contributed by atoms with Crippen molar-refractivity contribution in [3.05, 3.63) is 42.7 Å². The first-order valence-corrected chi connectivity index (χ1v) is 7.60. The van der Waals surface area contributed by atoms with Crippen LogP contribution in [0.15, 0.2) is 42.7 Å². The lowest BCUT2D eigenvalue weighted by molar-refractivity contribution is 0.209. The third kappa shape index (κ3) is 3.22. The van der Waals surface area contributed by atoms with Gasteiger partial charge in [-0.1, -0.05) is 6.07 Å². The lowest BCUT2D eigenvalue weighted by Gasteiger charge is -2.37. The average Bonchev–Trinajstić information content (AvgIpc) is 2.56. The minimum atomic E-state index is 0.627. The maximum atomic E-state index is 4.80. The Morgan fingerprint density at radius 1 is 1.00 bits per heavy atom. The molecule has 4 nitrogen and oxygen atoms in total. The van der Waals surface area contributed by atoms with Crippen molar-refractivity contribution in [2.75, 3.05) is 31.1 Å². The lowest BCUT2D eigenvalue weighted by Crippen LogP contribution is -2.49. The summed E-state index contributed by atoms with van der Waals surface area (Å²) in [5, 5.41) is 0. The van der Waals surface area contributed by atoms with Gasteiger partial charge >= 0.3 is 0 Å². The number of hydrogen-bond acceptors (Lipinski definition) is 4. The second kappa shape index (κ2) is 6.22. The minimum Gasteiger partial charge on any atom is -0.354 e. The van der Waals surface area contributed by atoms with Gasteiger partial charge in [0.15, 0.2) is 0 Å². The minimum absolute atomic E-state index is 0.627. The predicted octanol–water partition coefficient (Wildman–Crippen LogP) is 2.67. The molecule has 0 aromatic carbocycles. The van der Waals surface area contributed by atoms with Crippen molar-refractivity contribution >= 4 is 5.82 Å².